The first-order valence-corrected chi connectivity index (χ1v) is 22.2. The molecule has 5 heterocycles. The highest BCUT2D eigenvalue weighted by Crippen LogP contribution is 2.43. The molecule has 0 atom stereocenters. The summed E-state index contributed by atoms with van der Waals surface area (Å²) in [6.45, 7) is 0. The maximum atomic E-state index is 6.73. The summed E-state index contributed by atoms with van der Waals surface area (Å²) in [6, 6.07) is 70.7. The van der Waals surface area contributed by atoms with Crippen LogP contribution in [0.4, 0.5) is 0 Å². The molecule has 298 valence electrons. The molecule has 0 spiro atoms. The number of thiophene rings is 1. The van der Waals surface area contributed by atoms with Crippen LogP contribution in [-0.2, 0) is 0 Å². The predicted octanol–water partition coefficient (Wildman–Crippen LogP) is 15.3. The van der Waals surface area contributed by atoms with E-state index in [4.69, 9.17) is 19.4 Å². The molecule has 14 aromatic rings. The molecule has 0 fully saturated rings. The third-order valence-electron chi connectivity index (χ3n) is 12.8. The molecule has 0 bridgehead atoms. The van der Waals surface area contributed by atoms with Crippen molar-refractivity contribution < 1.29 is 4.42 Å². The van der Waals surface area contributed by atoms with Crippen molar-refractivity contribution in [2.75, 3.05) is 0 Å². The quantitative estimate of drug-likeness (QED) is 0.173. The number of hydrogen-bond donors (Lipinski definition) is 0. The normalized spacial score (nSPS) is 12.1. The molecule has 0 aliphatic carbocycles. The Kier molecular flexibility index (Phi) is 7.46. The van der Waals surface area contributed by atoms with Crippen LogP contribution in [0.1, 0.15) is 0 Å². The second-order valence-corrected chi connectivity index (χ2v) is 17.4. The fourth-order valence-electron chi connectivity index (χ4n) is 9.91. The topological polar surface area (TPSA) is 61.7 Å². The zero-order valence-corrected chi connectivity index (χ0v) is 34.9. The standard InChI is InChI=1S/C57H33N5OS/c1-2-12-34(13-3-1)55-58-56(60-57(59-55)36-24-31-52-44(32-36)41-16-7-11-21-51(41)64-52)35-22-25-37(26-23-35)61-47-20-10-6-17-42(47)53-48(61)29-30-49-54(53)43-28-27-38(33-50(43)63-49)62-45-18-8-4-14-39(45)40-15-5-9-19-46(40)62/h1-33H. The summed E-state index contributed by atoms with van der Waals surface area (Å²) in [7, 11) is 0. The molecule has 0 saturated heterocycles. The first-order chi connectivity index (χ1) is 31.7. The van der Waals surface area contributed by atoms with Gasteiger partial charge in [-0.3, -0.25) is 0 Å². The molecule has 0 N–H and O–H groups in total. The minimum absolute atomic E-state index is 0.625. The molecule has 0 unspecified atom stereocenters. The Hall–Kier alpha value is -8.39. The molecule has 5 aromatic heterocycles. The lowest BCUT2D eigenvalue weighted by Gasteiger charge is -2.11. The molecule has 0 aliphatic rings. The van der Waals surface area contributed by atoms with Crippen LogP contribution in [0.5, 0.6) is 0 Å². The van der Waals surface area contributed by atoms with E-state index in [2.05, 4.69) is 191 Å². The van der Waals surface area contributed by atoms with Gasteiger partial charge in [-0.15, -0.1) is 11.3 Å². The van der Waals surface area contributed by atoms with Crippen molar-refractivity contribution in [3.05, 3.63) is 200 Å². The summed E-state index contributed by atoms with van der Waals surface area (Å²) >= 11 is 1.81. The first-order valence-electron chi connectivity index (χ1n) is 21.4. The Morgan fingerprint density at radius 3 is 1.61 bits per heavy atom. The highest BCUT2D eigenvalue weighted by molar-refractivity contribution is 7.25. The Labute approximate surface area is 369 Å². The van der Waals surface area contributed by atoms with E-state index in [1.54, 1.807) is 0 Å². The Bertz CT molecular complexity index is 4140. The molecule has 0 radical (unpaired) electrons. The van der Waals surface area contributed by atoms with Crippen molar-refractivity contribution in [2.45, 2.75) is 0 Å². The molecular weight excluding hydrogens is 803 g/mol. The van der Waals surface area contributed by atoms with E-state index in [0.29, 0.717) is 17.5 Å². The number of hydrogen-bond acceptors (Lipinski definition) is 5. The number of rotatable bonds is 5. The number of furan rings is 1. The van der Waals surface area contributed by atoms with Crippen LogP contribution in [0.15, 0.2) is 205 Å². The fraction of sp³-hybridized carbons (Fsp3) is 0. The lowest BCUT2D eigenvalue weighted by Crippen LogP contribution is -2.00. The van der Waals surface area contributed by atoms with Crippen molar-refractivity contribution in [1.29, 1.82) is 0 Å². The highest BCUT2D eigenvalue weighted by Gasteiger charge is 2.21. The van der Waals surface area contributed by atoms with Crippen LogP contribution in [0, 0.1) is 0 Å². The number of fused-ring (bicyclic) bond motifs is 13. The first kappa shape index (κ1) is 35.2. The van der Waals surface area contributed by atoms with Gasteiger partial charge in [0.25, 0.3) is 0 Å². The van der Waals surface area contributed by atoms with Crippen molar-refractivity contribution >= 4 is 97.1 Å². The van der Waals surface area contributed by atoms with Gasteiger partial charge < -0.3 is 13.6 Å². The van der Waals surface area contributed by atoms with E-state index in [1.165, 1.54) is 52.8 Å². The molecule has 7 heteroatoms. The van der Waals surface area contributed by atoms with E-state index in [-0.39, 0.29) is 0 Å². The highest BCUT2D eigenvalue weighted by atomic mass is 32.1. The maximum Gasteiger partial charge on any atom is 0.164 e. The average molecular weight is 836 g/mol. The summed E-state index contributed by atoms with van der Waals surface area (Å²) in [5.41, 5.74) is 11.2. The van der Waals surface area contributed by atoms with Crippen molar-refractivity contribution in [3.63, 3.8) is 0 Å². The third-order valence-corrected chi connectivity index (χ3v) is 13.9. The molecule has 0 saturated carbocycles. The van der Waals surface area contributed by atoms with Gasteiger partial charge in [-0.25, -0.2) is 15.0 Å². The van der Waals surface area contributed by atoms with Crippen LogP contribution in [0.25, 0.3) is 131 Å². The zero-order valence-electron chi connectivity index (χ0n) is 34.1. The van der Waals surface area contributed by atoms with Crippen molar-refractivity contribution in [1.82, 2.24) is 24.1 Å². The van der Waals surface area contributed by atoms with Crippen LogP contribution in [0.2, 0.25) is 0 Å². The largest absolute Gasteiger partial charge is 0.456 e. The van der Waals surface area contributed by atoms with E-state index in [1.807, 2.05) is 29.5 Å². The molecule has 6 nitrogen and oxygen atoms in total. The van der Waals surface area contributed by atoms with Crippen LogP contribution >= 0.6 is 11.3 Å². The van der Waals surface area contributed by atoms with Gasteiger partial charge in [0.05, 0.1) is 22.1 Å². The fourth-order valence-corrected chi connectivity index (χ4v) is 11.0. The Morgan fingerprint density at radius 1 is 0.328 bits per heavy atom. The third kappa shape index (κ3) is 5.22. The number of para-hydroxylation sites is 3. The second kappa shape index (κ2) is 13.6. The molecule has 64 heavy (non-hydrogen) atoms. The summed E-state index contributed by atoms with van der Waals surface area (Å²) in [5, 5.41) is 9.48. The smallest absolute Gasteiger partial charge is 0.164 e. The van der Waals surface area contributed by atoms with Crippen LogP contribution in [-0.4, -0.2) is 24.1 Å². The summed E-state index contributed by atoms with van der Waals surface area (Å²) in [5.74, 6) is 1.91. The summed E-state index contributed by atoms with van der Waals surface area (Å²) in [6.07, 6.45) is 0. The molecular formula is C57H33N5OS. The van der Waals surface area contributed by atoms with Gasteiger partial charge in [-0.05, 0) is 91.0 Å². The lowest BCUT2D eigenvalue weighted by atomic mass is 10.1. The van der Waals surface area contributed by atoms with Crippen LogP contribution in [0.3, 0.4) is 0 Å². The van der Waals surface area contributed by atoms with Gasteiger partial charge in [-0.1, -0.05) is 103 Å². The monoisotopic (exact) mass is 835 g/mol. The lowest BCUT2D eigenvalue weighted by molar-refractivity contribution is 0.669. The number of aromatic nitrogens is 5. The molecule has 9 aromatic carbocycles. The van der Waals surface area contributed by atoms with Gasteiger partial charge in [0, 0.05) is 86.6 Å². The maximum absolute atomic E-state index is 6.73. The number of nitrogens with zero attached hydrogens (tertiary/aromatic N) is 5. The van der Waals surface area contributed by atoms with Gasteiger partial charge in [0.2, 0.25) is 0 Å². The van der Waals surface area contributed by atoms with Gasteiger partial charge in [0.15, 0.2) is 17.5 Å². The van der Waals surface area contributed by atoms with Gasteiger partial charge >= 0.3 is 0 Å². The van der Waals surface area contributed by atoms with E-state index in [0.717, 1.165) is 61.0 Å². The Balaban J connectivity index is 0.901. The summed E-state index contributed by atoms with van der Waals surface area (Å²) in [4.78, 5) is 15.2. The van der Waals surface area contributed by atoms with Crippen LogP contribution < -0.4 is 0 Å². The zero-order chi connectivity index (χ0) is 41.9. The average Bonchev–Trinajstić information content (AvgIpc) is 4.11. The second-order valence-electron chi connectivity index (χ2n) is 16.4. The Morgan fingerprint density at radius 2 is 0.875 bits per heavy atom. The number of benzene rings is 9. The van der Waals surface area contributed by atoms with E-state index >= 15 is 0 Å². The van der Waals surface area contributed by atoms with Crippen molar-refractivity contribution in [2.24, 2.45) is 0 Å². The molecule has 0 amide bonds. The van der Waals surface area contributed by atoms with E-state index in [9.17, 15) is 0 Å². The summed E-state index contributed by atoms with van der Waals surface area (Å²) < 4.78 is 13.9. The molecule has 14 rings (SSSR count). The van der Waals surface area contributed by atoms with Crippen molar-refractivity contribution in [3.8, 4) is 45.5 Å². The van der Waals surface area contributed by atoms with Gasteiger partial charge in [-0.2, -0.15) is 0 Å². The predicted molar refractivity (Wildman–Crippen MR) is 265 cm³/mol. The molecule has 0 aliphatic heterocycles. The minimum Gasteiger partial charge on any atom is -0.456 e. The SMILES string of the molecule is c1ccc(-c2nc(-c3ccc(-n4c5ccccc5c5c6c(ccc54)oc4cc(-n5c7ccccc7c7ccccc75)ccc46)cc3)nc(-c3ccc4sc5ccccc5c4c3)n2)cc1. The minimum atomic E-state index is 0.625. The van der Waals surface area contributed by atoms with Gasteiger partial charge in [0.1, 0.15) is 11.2 Å². The van der Waals surface area contributed by atoms with E-state index < -0.39 is 0 Å².